The number of rotatable bonds is 7. The van der Waals surface area contributed by atoms with Crippen LogP contribution in [0.15, 0.2) is 59.5 Å². The van der Waals surface area contributed by atoms with Gasteiger partial charge in [-0.15, -0.1) is 0 Å². The van der Waals surface area contributed by atoms with Crippen molar-refractivity contribution in [3.63, 3.8) is 0 Å². The van der Waals surface area contributed by atoms with Crippen LogP contribution < -0.4 is 24.8 Å². The van der Waals surface area contributed by atoms with Crippen LogP contribution in [0.5, 0.6) is 17.2 Å². The molecule has 0 spiro atoms. The molecule has 1 atom stereocenters. The molecule has 0 aliphatic carbocycles. The number of aliphatic hydroxyl groups excluding tert-OH is 1. The molecule has 0 saturated heterocycles. The third-order valence-electron chi connectivity index (χ3n) is 6.96. The number of fused-ring (bicyclic) bond motifs is 2. The number of halogens is 1. The van der Waals surface area contributed by atoms with Crippen LogP contribution in [0.25, 0.3) is 0 Å². The van der Waals surface area contributed by atoms with Crippen LogP contribution in [-0.4, -0.2) is 89.0 Å². The van der Waals surface area contributed by atoms with Gasteiger partial charge in [0.15, 0.2) is 18.3 Å². The summed E-state index contributed by atoms with van der Waals surface area (Å²) in [4.78, 5) is 27.5. The third kappa shape index (κ3) is 8.23. The van der Waals surface area contributed by atoms with Crippen molar-refractivity contribution in [2.45, 2.75) is 18.4 Å². The highest BCUT2D eigenvalue weighted by Gasteiger charge is 2.27. The molecule has 3 aromatic rings. The Morgan fingerprint density at radius 1 is 1.09 bits per heavy atom. The average molecular weight is 661 g/mol. The molecule has 248 valence electrons. The van der Waals surface area contributed by atoms with Gasteiger partial charge in [0, 0.05) is 44.7 Å². The molecule has 0 fully saturated rings. The Hall–Kier alpha value is -4.44. The van der Waals surface area contributed by atoms with Crippen LogP contribution in [0.3, 0.4) is 0 Å². The van der Waals surface area contributed by atoms with E-state index in [1.54, 1.807) is 35.2 Å². The molecule has 13 nitrogen and oxygen atoms in total. The van der Waals surface area contributed by atoms with Crippen molar-refractivity contribution in [1.82, 2.24) is 9.21 Å². The van der Waals surface area contributed by atoms with Crippen LogP contribution >= 0.6 is 0 Å². The Balaban J connectivity index is 0.000000288. The van der Waals surface area contributed by atoms with Crippen LogP contribution in [0.2, 0.25) is 0 Å². The Morgan fingerprint density at radius 2 is 1.80 bits per heavy atom. The summed E-state index contributed by atoms with van der Waals surface area (Å²) >= 11 is 0. The smallest absolute Gasteiger partial charge is 0.323 e. The number of nitrogens with one attached hydrogen (secondary N) is 2. The van der Waals surface area contributed by atoms with Crippen molar-refractivity contribution < 1.29 is 46.5 Å². The lowest BCUT2D eigenvalue weighted by molar-refractivity contribution is -0.0160. The second-order valence-corrected chi connectivity index (χ2v) is 12.8. The number of nitrogens with zero attached hydrogens (tertiary/aromatic N) is 2. The van der Waals surface area contributed by atoms with Gasteiger partial charge < -0.3 is 39.6 Å². The van der Waals surface area contributed by atoms with Gasteiger partial charge in [-0.1, -0.05) is 13.0 Å². The number of carbonyl (C=O) groups is 2. The molecule has 5 rings (SSSR count). The van der Waals surface area contributed by atoms with Crippen molar-refractivity contribution in [3.8, 4) is 17.2 Å². The number of aliphatic hydroxyl groups is 1. The van der Waals surface area contributed by atoms with Crippen molar-refractivity contribution in [2.75, 3.05) is 64.9 Å². The number of β-amino-alcohol motifs (C(OH)–C–C–N with tert-alkyl or cyclic N) is 1. The summed E-state index contributed by atoms with van der Waals surface area (Å²) in [5.41, 5.74) is 1.23. The molecule has 2 aliphatic heterocycles. The van der Waals surface area contributed by atoms with E-state index in [1.165, 1.54) is 43.7 Å². The van der Waals surface area contributed by atoms with Gasteiger partial charge in [0.1, 0.15) is 11.6 Å². The standard InChI is InChI=1S/C22H24FN3O6.C9H13NO3S/c1-13-9-26(5-6-27)21(28)16-3-2-4-17(20(16)31-10-13)24-22(29)25-18-8-15(23)7-14-11-30-12-32-19(14)18;1-10(2)14(11,12)9-6-4-8(13-3)5-7-9/h2-4,7-8,13,27H,5-6,9-12H2,1H3,(H2,24,25,29);4-7H,1-3H3. The predicted molar refractivity (Wildman–Crippen MR) is 167 cm³/mol. The van der Waals surface area contributed by atoms with Crippen molar-refractivity contribution in [1.29, 1.82) is 0 Å². The minimum Gasteiger partial charge on any atom is -0.497 e. The molecule has 1 unspecified atom stereocenters. The van der Waals surface area contributed by atoms with E-state index >= 15 is 0 Å². The second-order valence-electron chi connectivity index (χ2n) is 10.7. The van der Waals surface area contributed by atoms with E-state index in [-0.39, 0.29) is 60.3 Å². The fraction of sp³-hybridized carbons (Fsp3) is 0.355. The zero-order valence-electron chi connectivity index (χ0n) is 25.9. The van der Waals surface area contributed by atoms with E-state index in [1.807, 2.05) is 6.92 Å². The topological polar surface area (TPSA) is 156 Å². The van der Waals surface area contributed by atoms with Crippen LogP contribution in [-0.2, 0) is 21.4 Å². The van der Waals surface area contributed by atoms with E-state index in [0.29, 0.717) is 35.9 Å². The highest BCUT2D eigenvalue weighted by atomic mass is 32.2. The molecule has 3 N–H and O–H groups in total. The first-order valence-electron chi connectivity index (χ1n) is 14.3. The van der Waals surface area contributed by atoms with Gasteiger partial charge in [-0.25, -0.2) is 21.9 Å². The van der Waals surface area contributed by atoms with Gasteiger partial charge in [0.05, 0.1) is 48.8 Å². The molecular formula is C31H37FN4O9S. The molecule has 3 aromatic carbocycles. The zero-order valence-corrected chi connectivity index (χ0v) is 26.7. The largest absolute Gasteiger partial charge is 0.497 e. The minimum absolute atomic E-state index is 0.000396. The van der Waals surface area contributed by atoms with Crippen LogP contribution in [0, 0.1) is 11.7 Å². The number of sulfonamides is 1. The fourth-order valence-corrected chi connectivity index (χ4v) is 5.59. The lowest BCUT2D eigenvalue weighted by atomic mass is 10.1. The Bertz CT molecular complexity index is 1650. The van der Waals surface area contributed by atoms with Crippen molar-refractivity contribution in [3.05, 3.63) is 71.5 Å². The third-order valence-corrected chi connectivity index (χ3v) is 8.79. The number of amides is 3. The molecular weight excluding hydrogens is 623 g/mol. The van der Waals surface area contributed by atoms with Gasteiger partial charge in [-0.3, -0.25) is 4.79 Å². The van der Waals surface area contributed by atoms with E-state index in [2.05, 4.69) is 10.6 Å². The molecule has 0 saturated carbocycles. The SMILES string of the molecule is CC1COc2c(NC(=O)Nc3cc(F)cc4c3OCOC4)cccc2C(=O)N(CCO)C1.COc1ccc(S(=O)(=O)N(C)C)cc1. The number of anilines is 2. The maximum atomic E-state index is 14.0. The van der Waals surface area contributed by atoms with Crippen LogP contribution in [0.4, 0.5) is 20.6 Å². The maximum Gasteiger partial charge on any atom is 0.323 e. The zero-order chi connectivity index (χ0) is 33.4. The average Bonchev–Trinajstić information content (AvgIpc) is 3.03. The summed E-state index contributed by atoms with van der Waals surface area (Å²) in [6.45, 7) is 2.93. The van der Waals surface area contributed by atoms with E-state index in [0.717, 1.165) is 6.07 Å². The molecule has 0 aromatic heterocycles. The van der Waals surface area contributed by atoms with Gasteiger partial charge in [0.25, 0.3) is 5.91 Å². The number of ether oxygens (including phenoxy) is 4. The maximum absolute atomic E-state index is 14.0. The first-order valence-corrected chi connectivity index (χ1v) is 15.7. The summed E-state index contributed by atoms with van der Waals surface area (Å²) in [6, 6.07) is 12.9. The number of methoxy groups -OCH3 is 1. The lowest BCUT2D eigenvalue weighted by Crippen LogP contribution is -2.40. The first-order chi connectivity index (χ1) is 21.9. The molecule has 15 heteroatoms. The highest BCUT2D eigenvalue weighted by molar-refractivity contribution is 7.89. The predicted octanol–water partition coefficient (Wildman–Crippen LogP) is 3.74. The highest BCUT2D eigenvalue weighted by Crippen LogP contribution is 2.35. The van der Waals surface area contributed by atoms with Crippen molar-refractivity contribution >= 4 is 33.3 Å². The quantitative estimate of drug-likeness (QED) is 0.344. The van der Waals surface area contributed by atoms with Crippen molar-refractivity contribution in [2.24, 2.45) is 5.92 Å². The first kappa shape index (κ1) is 34.4. The number of carbonyl (C=O) groups excluding carboxylic acids is 2. The number of benzene rings is 3. The Labute approximate surface area is 266 Å². The Morgan fingerprint density at radius 3 is 2.48 bits per heavy atom. The molecule has 46 heavy (non-hydrogen) atoms. The number of hydrogen-bond acceptors (Lipinski definition) is 9. The summed E-state index contributed by atoms with van der Waals surface area (Å²) < 4.78 is 59.7. The number of urea groups is 1. The summed E-state index contributed by atoms with van der Waals surface area (Å²) in [5, 5.41) is 14.6. The van der Waals surface area contributed by atoms with E-state index in [9.17, 15) is 27.5 Å². The second kappa shape index (κ2) is 15.2. The normalized spacial score (nSPS) is 15.9. The summed E-state index contributed by atoms with van der Waals surface area (Å²) in [6.07, 6.45) is 0. The molecule has 0 bridgehead atoms. The number of para-hydroxylation sites is 1. The summed E-state index contributed by atoms with van der Waals surface area (Å²) in [5.74, 6) is 0.424. The fourth-order valence-electron chi connectivity index (χ4n) is 4.69. The molecule has 0 radical (unpaired) electrons. The Kier molecular flexibility index (Phi) is 11.4. The number of hydrogen-bond donors (Lipinski definition) is 3. The monoisotopic (exact) mass is 660 g/mol. The molecule has 2 heterocycles. The van der Waals surface area contributed by atoms with Gasteiger partial charge in [-0.2, -0.15) is 0 Å². The molecule has 2 aliphatic rings. The summed E-state index contributed by atoms with van der Waals surface area (Å²) in [7, 11) is 1.21. The lowest BCUT2D eigenvalue weighted by Gasteiger charge is -2.30. The van der Waals surface area contributed by atoms with Crippen LogP contribution in [0.1, 0.15) is 22.8 Å². The van der Waals surface area contributed by atoms with E-state index < -0.39 is 21.9 Å². The van der Waals surface area contributed by atoms with E-state index in [4.69, 9.17) is 18.9 Å². The minimum atomic E-state index is -3.32. The molecule has 3 amide bonds. The van der Waals surface area contributed by atoms with Gasteiger partial charge >= 0.3 is 6.03 Å². The van der Waals surface area contributed by atoms with Gasteiger partial charge in [-0.05, 0) is 42.5 Å². The van der Waals surface area contributed by atoms with Gasteiger partial charge in [0.2, 0.25) is 10.0 Å².